The van der Waals surface area contributed by atoms with Crippen molar-refractivity contribution in [3.63, 3.8) is 0 Å². The summed E-state index contributed by atoms with van der Waals surface area (Å²) in [4.78, 5) is 23.9. The first-order chi connectivity index (χ1) is 8.69. The predicted octanol–water partition coefficient (Wildman–Crippen LogP) is 1.17. The Morgan fingerprint density at radius 3 is 2.63 bits per heavy atom. The van der Waals surface area contributed by atoms with Gasteiger partial charge in [-0.2, -0.15) is 0 Å². The van der Waals surface area contributed by atoms with Gasteiger partial charge >= 0.3 is 11.8 Å². The fraction of sp³-hybridized carbons (Fsp3) is 0.417. The third-order valence-electron chi connectivity index (χ3n) is 2.35. The molecular weight excluding hydrogens is 248 g/mol. The van der Waals surface area contributed by atoms with E-state index in [0.29, 0.717) is 10.4 Å². The molecule has 0 saturated carbocycles. The summed E-state index contributed by atoms with van der Waals surface area (Å²) in [6.45, 7) is 6.94. The lowest BCUT2D eigenvalue weighted by molar-refractivity contribution is 0.0508. The maximum Gasteiger partial charge on any atom is 0.439 e. The number of nitrogen functional groups attached to an aromatic ring is 1. The zero-order valence-electron chi connectivity index (χ0n) is 11.3. The number of rotatable bonds is 0. The van der Waals surface area contributed by atoms with Crippen molar-refractivity contribution < 1.29 is 9.53 Å². The predicted molar refractivity (Wildman–Crippen MR) is 70.2 cm³/mol. The van der Waals surface area contributed by atoms with Crippen molar-refractivity contribution in [1.82, 2.24) is 14.2 Å². The van der Waals surface area contributed by atoms with Crippen LogP contribution in [0.1, 0.15) is 26.3 Å². The second-order valence-electron chi connectivity index (χ2n) is 5.34. The van der Waals surface area contributed by atoms with Crippen LogP contribution >= 0.6 is 0 Å². The lowest BCUT2D eigenvalue weighted by atomic mass is 10.2. The van der Waals surface area contributed by atoms with Crippen LogP contribution < -0.4 is 11.4 Å². The van der Waals surface area contributed by atoms with E-state index in [4.69, 9.17) is 10.5 Å². The monoisotopic (exact) mass is 264 g/mol. The summed E-state index contributed by atoms with van der Waals surface area (Å²) in [6, 6.07) is 1.68. The number of hydrogen-bond acceptors (Lipinski definition) is 5. The summed E-state index contributed by atoms with van der Waals surface area (Å²) in [7, 11) is 0. The Bertz CT molecular complexity index is 706. The van der Waals surface area contributed by atoms with Crippen LogP contribution in [0.5, 0.6) is 0 Å². The zero-order valence-corrected chi connectivity index (χ0v) is 11.3. The van der Waals surface area contributed by atoms with E-state index in [9.17, 15) is 9.59 Å². The maximum atomic E-state index is 12.1. The molecule has 2 heterocycles. The molecule has 0 aliphatic rings. The fourth-order valence-electron chi connectivity index (χ4n) is 1.67. The van der Waals surface area contributed by atoms with E-state index >= 15 is 0 Å². The van der Waals surface area contributed by atoms with Gasteiger partial charge in [0, 0.05) is 6.20 Å². The van der Waals surface area contributed by atoms with E-state index in [1.165, 1.54) is 4.40 Å². The highest BCUT2D eigenvalue weighted by Crippen LogP contribution is 2.12. The van der Waals surface area contributed by atoms with E-state index in [0.717, 1.165) is 5.56 Å². The first-order valence-electron chi connectivity index (χ1n) is 5.80. The second kappa shape index (κ2) is 4.11. The van der Waals surface area contributed by atoms with Gasteiger partial charge in [-0.15, -0.1) is 9.78 Å². The van der Waals surface area contributed by atoms with Crippen molar-refractivity contribution >= 4 is 17.4 Å². The first kappa shape index (κ1) is 13.1. The van der Waals surface area contributed by atoms with Gasteiger partial charge in [-0.05, 0) is 39.3 Å². The van der Waals surface area contributed by atoms with Crippen molar-refractivity contribution in [3.05, 3.63) is 28.3 Å². The molecule has 0 aliphatic carbocycles. The van der Waals surface area contributed by atoms with Crippen LogP contribution in [0.15, 0.2) is 17.1 Å². The molecule has 19 heavy (non-hydrogen) atoms. The summed E-state index contributed by atoms with van der Waals surface area (Å²) in [5.74, 6) is 0. The minimum atomic E-state index is -0.821. The SMILES string of the molecule is Cc1cc(N)c2nn(C(=O)OC(C)(C)C)c(=O)n2c1. The molecule has 0 unspecified atom stereocenters. The molecule has 102 valence electrons. The number of anilines is 1. The lowest BCUT2D eigenvalue weighted by Gasteiger charge is -2.18. The minimum Gasteiger partial charge on any atom is -0.442 e. The number of carbonyl (C=O) groups is 1. The average Bonchev–Trinajstić information content (AvgIpc) is 2.54. The molecule has 0 radical (unpaired) electrons. The third-order valence-corrected chi connectivity index (χ3v) is 2.35. The number of ether oxygens (including phenoxy) is 1. The van der Waals surface area contributed by atoms with Crippen molar-refractivity contribution in [1.29, 1.82) is 0 Å². The standard InChI is InChI=1S/C12H16N4O3/c1-7-5-8(13)9-14-16(10(17)15(9)6-7)11(18)19-12(2,3)4/h5-6H,13H2,1-4H3. The van der Waals surface area contributed by atoms with Gasteiger partial charge in [0.1, 0.15) is 5.60 Å². The normalized spacial score (nSPS) is 11.8. The van der Waals surface area contributed by atoms with E-state index in [-0.39, 0.29) is 5.65 Å². The van der Waals surface area contributed by atoms with E-state index in [1.807, 2.05) is 0 Å². The molecular formula is C12H16N4O3. The molecule has 0 spiro atoms. The average molecular weight is 264 g/mol. The number of aryl methyl sites for hydroxylation is 1. The quantitative estimate of drug-likeness (QED) is 0.771. The van der Waals surface area contributed by atoms with Gasteiger partial charge in [0.25, 0.3) is 0 Å². The summed E-state index contributed by atoms with van der Waals surface area (Å²) >= 11 is 0. The summed E-state index contributed by atoms with van der Waals surface area (Å²) in [5, 5.41) is 3.90. The number of pyridine rings is 1. The molecule has 7 nitrogen and oxygen atoms in total. The summed E-state index contributed by atoms with van der Waals surface area (Å²) in [5.41, 5.74) is 5.85. The smallest absolute Gasteiger partial charge is 0.439 e. The first-order valence-corrected chi connectivity index (χ1v) is 5.80. The van der Waals surface area contributed by atoms with Crippen LogP contribution in [0.3, 0.4) is 0 Å². The molecule has 2 aromatic rings. The Morgan fingerprint density at radius 1 is 1.42 bits per heavy atom. The zero-order chi connectivity index (χ0) is 14.4. The number of nitrogens with two attached hydrogens (primary N) is 1. The molecule has 7 heteroatoms. The molecule has 0 saturated heterocycles. The van der Waals surface area contributed by atoms with Gasteiger partial charge in [-0.3, -0.25) is 0 Å². The molecule has 0 fully saturated rings. The number of carbonyl (C=O) groups excluding carboxylic acids is 1. The van der Waals surface area contributed by atoms with Gasteiger partial charge in [0.2, 0.25) is 0 Å². The highest BCUT2D eigenvalue weighted by molar-refractivity contribution is 5.72. The lowest BCUT2D eigenvalue weighted by Crippen LogP contribution is -2.34. The number of hydrogen-bond donors (Lipinski definition) is 1. The van der Waals surface area contributed by atoms with Crippen LogP contribution in [0.2, 0.25) is 0 Å². The number of aromatic nitrogens is 3. The number of fused-ring (bicyclic) bond motifs is 1. The Morgan fingerprint density at radius 2 is 2.05 bits per heavy atom. The molecule has 2 rings (SSSR count). The summed E-state index contributed by atoms with van der Waals surface area (Å²) in [6.07, 6.45) is 0.750. The van der Waals surface area contributed by atoms with Crippen LogP contribution in [0.4, 0.5) is 10.5 Å². The fourth-order valence-corrected chi connectivity index (χ4v) is 1.67. The highest BCUT2D eigenvalue weighted by atomic mass is 16.6. The Kier molecular flexibility index (Phi) is 2.84. The molecule has 0 atom stereocenters. The largest absolute Gasteiger partial charge is 0.442 e. The Labute approximate surface area is 109 Å². The van der Waals surface area contributed by atoms with Crippen LogP contribution in [0.25, 0.3) is 5.65 Å². The second-order valence-corrected chi connectivity index (χ2v) is 5.34. The van der Waals surface area contributed by atoms with E-state index in [2.05, 4.69) is 5.10 Å². The van der Waals surface area contributed by atoms with Gasteiger partial charge < -0.3 is 10.5 Å². The van der Waals surface area contributed by atoms with Crippen molar-refractivity contribution in [2.24, 2.45) is 0 Å². The number of nitrogens with zero attached hydrogens (tertiary/aromatic N) is 3. The van der Waals surface area contributed by atoms with Crippen molar-refractivity contribution in [2.45, 2.75) is 33.3 Å². The minimum absolute atomic E-state index is 0.237. The van der Waals surface area contributed by atoms with Gasteiger partial charge in [0.05, 0.1) is 5.69 Å². The topological polar surface area (TPSA) is 91.6 Å². The van der Waals surface area contributed by atoms with Gasteiger partial charge in [-0.25, -0.2) is 14.0 Å². The Hall–Kier alpha value is -2.31. The van der Waals surface area contributed by atoms with Gasteiger partial charge in [-0.1, -0.05) is 0 Å². The highest BCUT2D eigenvalue weighted by Gasteiger charge is 2.22. The third kappa shape index (κ3) is 2.44. The van der Waals surface area contributed by atoms with Gasteiger partial charge in [0.15, 0.2) is 5.65 Å². The van der Waals surface area contributed by atoms with Crippen LogP contribution in [-0.2, 0) is 4.74 Å². The molecule has 0 bridgehead atoms. The Balaban J connectivity index is 2.58. The maximum absolute atomic E-state index is 12.1. The van der Waals surface area contributed by atoms with Crippen molar-refractivity contribution in [3.8, 4) is 0 Å². The van der Waals surface area contributed by atoms with Crippen LogP contribution in [0, 0.1) is 6.92 Å². The van der Waals surface area contributed by atoms with Crippen LogP contribution in [-0.4, -0.2) is 25.9 Å². The molecule has 0 amide bonds. The van der Waals surface area contributed by atoms with E-state index in [1.54, 1.807) is 40.0 Å². The van der Waals surface area contributed by atoms with Crippen molar-refractivity contribution in [2.75, 3.05) is 5.73 Å². The molecule has 2 aromatic heterocycles. The molecule has 2 N–H and O–H groups in total. The molecule has 0 aliphatic heterocycles. The summed E-state index contributed by atoms with van der Waals surface area (Å²) < 4.78 is 7.02. The van der Waals surface area contributed by atoms with E-state index < -0.39 is 17.4 Å². The molecule has 0 aromatic carbocycles.